The zero-order chi connectivity index (χ0) is 23.1. The van der Waals surface area contributed by atoms with Gasteiger partial charge >= 0.3 is 0 Å². The van der Waals surface area contributed by atoms with Crippen LogP contribution < -0.4 is 20.9 Å². The lowest BCUT2D eigenvalue weighted by atomic mass is 9.95. The van der Waals surface area contributed by atoms with Crippen LogP contribution in [-0.4, -0.2) is 53.9 Å². The summed E-state index contributed by atoms with van der Waals surface area (Å²) in [6.45, 7) is 7.92. The number of hydrogen-bond donors (Lipinski definition) is 3. The predicted octanol–water partition coefficient (Wildman–Crippen LogP) is 2.22. The van der Waals surface area contributed by atoms with Crippen LogP contribution in [0.1, 0.15) is 54.5 Å². The van der Waals surface area contributed by atoms with Gasteiger partial charge in [0.05, 0.1) is 0 Å². The first-order valence-electron chi connectivity index (χ1n) is 10.8. The highest BCUT2D eigenvalue weighted by Crippen LogP contribution is 2.18. The van der Waals surface area contributed by atoms with Crippen LogP contribution in [0.2, 0.25) is 0 Å². The summed E-state index contributed by atoms with van der Waals surface area (Å²) in [4.78, 5) is 47.1. The Morgan fingerprint density at radius 2 is 1.56 bits per heavy atom. The molecule has 0 spiro atoms. The molecule has 0 radical (unpaired) electrons. The zero-order valence-corrected chi connectivity index (χ0v) is 18.8. The van der Waals surface area contributed by atoms with E-state index >= 15 is 0 Å². The Kier molecular flexibility index (Phi) is 7.40. The van der Waals surface area contributed by atoms with Crippen LogP contribution in [0.3, 0.4) is 0 Å². The van der Waals surface area contributed by atoms with E-state index < -0.39 is 5.41 Å². The minimum atomic E-state index is -0.498. The van der Waals surface area contributed by atoms with Gasteiger partial charge in [-0.2, -0.15) is 0 Å². The summed E-state index contributed by atoms with van der Waals surface area (Å²) in [5, 5.41) is 8.34. The van der Waals surface area contributed by atoms with Crippen molar-refractivity contribution in [1.82, 2.24) is 20.6 Å². The first-order chi connectivity index (χ1) is 15.2. The van der Waals surface area contributed by atoms with Gasteiger partial charge in [-0.25, -0.2) is 9.97 Å². The van der Waals surface area contributed by atoms with Crippen molar-refractivity contribution in [2.24, 2.45) is 5.41 Å². The lowest BCUT2D eigenvalue weighted by Gasteiger charge is -2.17. The lowest BCUT2D eigenvalue weighted by molar-refractivity contribution is -0.123. The number of nitrogens with zero attached hydrogens (tertiary/aromatic N) is 3. The number of benzene rings is 1. The van der Waals surface area contributed by atoms with Gasteiger partial charge in [-0.3, -0.25) is 14.4 Å². The van der Waals surface area contributed by atoms with E-state index in [2.05, 4.69) is 30.8 Å². The topological polar surface area (TPSA) is 116 Å². The number of amides is 3. The van der Waals surface area contributed by atoms with Crippen LogP contribution in [-0.2, 0) is 4.79 Å². The zero-order valence-electron chi connectivity index (χ0n) is 18.8. The third-order valence-electron chi connectivity index (χ3n) is 5.10. The maximum absolute atomic E-state index is 12.4. The van der Waals surface area contributed by atoms with Gasteiger partial charge in [-0.15, -0.1) is 0 Å². The van der Waals surface area contributed by atoms with Crippen molar-refractivity contribution < 1.29 is 14.4 Å². The molecule has 1 aliphatic heterocycles. The number of anilines is 2. The van der Waals surface area contributed by atoms with Gasteiger partial charge in [-0.05, 0) is 37.1 Å². The van der Waals surface area contributed by atoms with Gasteiger partial charge in [0.1, 0.15) is 17.8 Å². The van der Waals surface area contributed by atoms with E-state index in [0.29, 0.717) is 16.9 Å². The number of rotatable bonds is 7. The Bertz CT molecular complexity index is 962. The van der Waals surface area contributed by atoms with Crippen molar-refractivity contribution in [1.29, 1.82) is 0 Å². The molecule has 2 heterocycles. The fraction of sp³-hybridized carbons (Fsp3) is 0.435. The van der Waals surface area contributed by atoms with E-state index in [-0.39, 0.29) is 30.8 Å². The second-order valence-corrected chi connectivity index (χ2v) is 8.75. The number of carbonyl (C=O) groups excluding carboxylic acids is 3. The largest absolute Gasteiger partial charge is 0.357 e. The smallest absolute Gasteiger partial charge is 0.270 e. The fourth-order valence-electron chi connectivity index (χ4n) is 3.16. The number of hydrogen-bond acceptors (Lipinski definition) is 6. The molecule has 1 saturated heterocycles. The Morgan fingerprint density at radius 3 is 2.19 bits per heavy atom. The van der Waals surface area contributed by atoms with Crippen molar-refractivity contribution >= 4 is 29.2 Å². The molecule has 1 aliphatic rings. The Hall–Kier alpha value is -3.49. The Labute approximate surface area is 188 Å². The minimum Gasteiger partial charge on any atom is -0.357 e. The Balaban J connectivity index is 1.43. The summed E-state index contributed by atoms with van der Waals surface area (Å²) in [7, 11) is 0. The highest BCUT2D eigenvalue weighted by molar-refractivity contribution is 5.97. The van der Waals surface area contributed by atoms with Crippen molar-refractivity contribution in [2.75, 3.05) is 36.4 Å². The van der Waals surface area contributed by atoms with E-state index in [9.17, 15) is 14.4 Å². The lowest BCUT2D eigenvalue weighted by Crippen LogP contribution is -2.35. The molecular formula is C23H30N6O3. The molecule has 1 aromatic carbocycles. The first-order valence-corrected chi connectivity index (χ1v) is 10.8. The molecular weight excluding hydrogens is 408 g/mol. The van der Waals surface area contributed by atoms with Gasteiger partial charge in [0.25, 0.3) is 11.8 Å². The molecule has 2 aromatic rings. The van der Waals surface area contributed by atoms with Crippen LogP contribution in [0.4, 0.5) is 11.5 Å². The van der Waals surface area contributed by atoms with Crippen LogP contribution in [0.25, 0.3) is 0 Å². The van der Waals surface area contributed by atoms with Crippen molar-refractivity contribution in [3.63, 3.8) is 0 Å². The number of nitrogens with one attached hydrogen (secondary N) is 3. The van der Waals surface area contributed by atoms with Crippen LogP contribution in [0.5, 0.6) is 0 Å². The van der Waals surface area contributed by atoms with Crippen LogP contribution >= 0.6 is 0 Å². The minimum absolute atomic E-state index is 0.0957. The number of aromatic nitrogens is 2. The van der Waals surface area contributed by atoms with Crippen molar-refractivity contribution in [3.05, 3.63) is 47.9 Å². The van der Waals surface area contributed by atoms with Crippen LogP contribution in [0.15, 0.2) is 36.7 Å². The summed E-state index contributed by atoms with van der Waals surface area (Å²) in [5.74, 6) is 0.104. The molecule has 32 heavy (non-hydrogen) atoms. The summed E-state index contributed by atoms with van der Waals surface area (Å²) in [6.07, 6.45) is 3.65. The van der Waals surface area contributed by atoms with Gasteiger partial charge < -0.3 is 20.9 Å². The third-order valence-corrected chi connectivity index (χ3v) is 5.10. The molecule has 9 heteroatoms. The van der Waals surface area contributed by atoms with Crippen molar-refractivity contribution in [2.45, 2.75) is 33.6 Å². The molecule has 3 N–H and O–H groups in total. The molecule has 1 aromatic heterocycles. The molecule has 170 valence electrons. The molecule has 3 rings (SSSR count). The summed E-state index contributed by atoms with van der Waals surface area (Å²) < 4.78 is 0. The summed E-state index contributed by atoms with van der Waals surface area (Å²) >= 11 is 0. The Morgan fingerprint density at radius 1 is 0.938 bits per heavy atom. The molecule has 0 unspecified atom stereocenters. The highest BCUT2D eigenvalue weighted by Gasteiger charge is 2.21. The molecule has 0 saturated carbocycles. The quantitative estimate of drug-likeness (QED) is 0.571. The molecule has 1 fully saturated rings. The number of carbonyl (C=O) groups is 3. The average molecular weight is 439 g/mol. The second-order valence-electron chi connectivity index (χ2n) is 8.75. The molecule has 0 atom stereocenters. The van der Waals surface area contributed by atoms with Gasteiger partial charge in [0.15, 0.2) is 0 Å². The predicted molar refractivity (Wildman–Crippen MR) is 123 cm³/mol. The van der Waals surface area contributed by atoms with Gasteiger partial charge in [0, 0.05) is 48.9 Å². The molecule has 0 aliphatic carbocycles. The molecule has 9 nitrogen and oxygen atoms in total. The first kappa shape index (κ1) is 23.2. The highest BCUT2D eigenvalue weighted by atomic mass is 16.2. The standard InChI is InChI=1S/C23H30N6O3/c1-23(2,3)22(32)28-17-8-6-16(7-9-17)20(30)24-10-11-25-21(31)18-14-19(27-15-26-18)29-12-4-5-13-29/h6-9,14-15H,4-5,10-13H2,1-3H3,(H,24,30)(H,25,31)(H,28,32). The maximum atomic E-state index is 12.4. The fourth-order valence-corrected chi connectivity index (χ4v) is 3.16. The van der Waals surface area contributed by atoms with E-state index in [4.69, 9.17) is 0 Å². The van der Waals surface area contributed by atoms with E-state index in [0.717, 1.165) is 31.7 Å². The van der Waals surface area contributed by atoms with Gasteiger partial charge in [0.2, 0.25) is 5.91 Å². The average Bonchev–Trinajstić information content (AvgIpc) is 3.31. The molecule has 0 bridgehead atoms. The normalized spacial score (nSPS) is 13.5. The third kappa shape index (κ3) is 6.26. The second kappa shape index (κ2) is 10.2. The van der Waals surface area contributed by atoms with E-state index in [1.807, 2.05) is 20.8 Å². The van der Waals surface area contributed by atoms with Crippen molar-refractivity contribution in [3.8, 4) is 0 Å². The SMILES string of the molecule is CC(C)(C)C(=O)Nc1ccc(C(=O)NCCNC(=O)c2cc(N3CCCC3)ncn2)cc1. The summed E-state index contributed by atoms with van der Waals surface area (Å²) in [6, 6.07) is 8.36. The molecule has 3 amide bonds. The summed E-state index contributed by atoms with van der Waals surface area (Å²) in [5.41, 5.74) is 0.909. The van der Waals surface area contributed by atoms with Crippen LogP contribution in [0, 0.1) is 5.41 Å². The monoisotopic (exact) mass is 438 g/mol. The van der Waals surface area contributed by atoms with E-state index in [1.165, 1.54) is 6.33 Å². The van der Waals surface area contributed by atoms with Gasteiger partial charge in [-0.1, -0.05) is 20.8 Å². The van der Waals surface area contributed by atoms with E-state index in [1.54, 1.807) is 30.3 Å². The maximum Gasteiger partial charge on any atom is 0.270 e.